The number of nitrogens with one attached hydrogen (secondary N) is 2. The van der Waals surface area contributed by atoms with E-state index < -0.39 is 0 Å². The quantitative estimate of drug-likeness (QED) is 0.402. The number of rotatable bonds is 0. The van der Waals surface area contributed by atoms with E-state index >= 15 is 0 Å². The number of pyridine rings is 1. The molecule has 3 aromatic carbocycles. The lowest BCUT2D eigenvalue weighted by Gasteiger charge is -2.03. The van der Waals surface area contributed by atoms with Crippen molar-refractivity contribution in [3.05, 3.63) is 70.4 Å². The third-order valence-corrected chi connectivity index (χ3v) is 4.69. The summed E-state index contributed by atoms with van der Waals surface area (Å²) in [5.74, 6) is 0. The summed E-state index contributed by atoms with van der Waals surface area (Å²) < 4.78 is 0. The highest BCUT2D eigenvalue weighted by Crippen LogP contribution is 2.31. The Balaban J connectivity index is 2.09. The molecule has 2 aromatic heterocycles. The van der Waals surface area contributed by atoms with Gasteiger partial charge in [-0.3, -0.25) is 4.79 Å². The molecule has 5 aromatic rings. The summed E-state index contributed by atoms with van der Waals surface area (Å²) in [6.45, 7) is 2.10. The Morgan fingerprint density at radius 1 is 0.652 bits per heavy atom. The van der Waals surface area contributed by atoms with E-state index in [0.29, 0.717) is 0 Å². The first-order chi connectivity index (χ1) is 11.2. The summed E-state index contributed by atoms with van der Waals surface area (Å²) in [5, 5.41) is 3.78. The standard InChI is InChI=1S/C20H14N2O/c1-11-5-4-7-12-13-9-10-15-19(18(13)22-17(11)12)21-16-8-3-2-6-14(16)20(15)23/h2-10,22H,1H3,(H,21,23). The van der Waals surface area contributed by atoms with Gasteiger partial charge in [0.25, 0.3) is 0 Å². The smallest absolute Gasteiger partial charge is 0.197 e. The number of aromatic amines is 2. The molecule has 0 aliphatic heterocycles. The van der Waals surface area contributed by atoms with Gasteiger partial charge in [-0.1, -0.05) is 36.4 Å². The fraction of sp³-hybridized carbons (Fsp3) is 0.0500. The predicted octanol–water partition coefficient (Wildman–Crippen LogP) is 4.62. The van der Waals surface area contributed by atoms with Crippen LogP contribution in [0.3, 0.4) is 0 Å². The third-order valence-electron chi connectivity index (χ3n) is 4.69. The second kappa shape index (κ2) is 4.23. The molecule has 5 rings (SSSR count). The number of hydrogen-bond acceptors (Lipinski definition) is 1. The van der Waals surface area contributed by atoms with Gasteiger partial charge in [0.1, 0.15) is 0 Å². The normalized spacial score (nSPS) is 11.9. The van der Waals surface area contributed by atoms with Crippen molar-refractivity contribution in [1.82, 2.24) is 9.97 Å². The molecular formula is C20H14N2O. The van der Waals surface area contributed by atoms with Crippen LogP contribution in [0.2, 0.25) is 0 Å². The molecule has 0 unspecified atom stereocenters. The zero-order chi connectivity index (χ0) is 15.6. The van der Waals surface area contributed by atoms with Gasteiger partial charge in [0.15, 0.2) is 5.43 Å². The lowest BCUT2D eigenvalue weighted by atomic mass is 10.1. The Hall–Kier alpha value is -3.07. The van der Waals surface area contributed by atoms with Crippen molar-refractivity contribution in [2.45, 2.75) is 6.92 Å². The summed E-state index contributed by atoms with van der Waals surface area (Å²) in [5.41, 5.74) is 5.15. The summed E-state index contributed by atoms with van der Waals surface area (Å²) in [4.78, 5) is 19.7. The van der Waals surface area contributed by atoms with Crippen molar-refractivity contribution in [3.8, 4) is 0 Å². The molecule has 3 nitrogen and oxygen atoms in total. The van der Waals surface area contributed by atoms with Crippen molar-refractivity contribution in [2.75, 3.05) is 0 Å². The summed E-state index contributed by atoms with van der Waals surface area (Å²) >= 11 is 0. The van der Waals surface area contributed by atoms with Gasteiger partial charge in [0, 0.05) is 32.6 Å². The molecule has 0 atom stereocenters. The molecule has 2 heterocycles. The molecule has 0 aliphatic carbocycles. The number of para-hydroxylation sites is 2. The third kappa shape index (κ3) is 1.56. The lowest BCUT2D eigenvalue weighted by molar-refractivity contribution is 1.44. The van der Waals surface area contributed by atoms with Gasteiger partial charge < -0.3 is 9.97 Å². The van der Waals surface area contributed by atoms with Crippen LogP contribution in [0.4, 0.5) is 0 Å². The maximum atomic E-state index is 12.8. The van der Waals surface area contributed by atoms with E-state index in [0.717, 1.165) is 38.2 Å². The molecule has 0 fully saturated rings. The number of fused-ring (bicyclic) bond motifs is 6. The number of aryl methyl sites for hydroxylation is 1. The minimum absolute atomic E-state index is 0.0756. The van der Waals surface area contributed by atoms with Gasteiger partial charge >= 0.3 is 0 Å². The summed E-state index contributed by atoms with van der Waals surface area (Å²) in [7, 11) is 0. The van der Waals surface area contributed by atoms with Gasteiger partial charge in [-0.05, 0) is 30.7 Å². The molecule has 3 heteroatoms. The molecule has 0 aliphatic rings. The maximum absolute atomic E-state index is 12.8. The number of aromatic nitrogens is 2. The SMILES string of the molecule is Cc1cccc2c1[nH]c1c2ccc2c(=O)c3ccccc3[nH]c21. The number of hydrogen-bond donors (Lipinski definition) is 2. The predicted molar refractivity (Wildman–Crippen MR) is 96.2 cm³/mol. The molecule has 0 bridgehead atoms. The zero-order valence-electron chi connectivity index (χ0n) is 12.6. The van der Waals surface area contributed by atoms with Gasteiger partial charge in [-0.15, -0.1) is 0 Å². The van der Waals surface area contributed by atoms with Crippen molar-refractivity contribution in [2.24, 2.45) is 0 Å². The summed E-state index contributed by atoms with van der Waals surface area (Å²) in [6, 6.07) is 17.9. The Labute approximate surface area is 131 Å². The van der Waals surface area contributed by atoms with Crippen LogP contribution in [0.1, 0.15) is 5.56 Å². The van der Waals surface area contributed by atoms with Gasteiger partial charge in [-0.25, -0.2) is 0 Å². The molecule has 23 heavy (non-hydrogen) atoms. The van der Waals surface area contributed by atoms with Gasteiger partial charge in [0.05, 0.1) is 11.0 Å². The molecule has 0 spiro atoms. The van der Waals surface area contributed by atoms with Gasteiger partial charge in [-0.2, -0.15) is 0 Å². The number of H-pyrrole nitrogens is 2. The first-order valence-corrected chi connectivity index (χ1v) is 7.69. The highest BCUT2D eigenvalue weighted by Gasteiger charge is 2.12. The van der Waals surface area contributed by atoms with Crippen LogP contribution < -0.4 is 5.43 Å². The minimum atomic E-state index is 0.0756. The fourth-order valence-corrected chi connectivity index (χ4v) is 3.53. The highest BCUT2D eigenvalue weighted by atomic mass is 16.1. The minimum Gasteiger partial charge on any atom is -0.353 e. The summed E-state index contributed by atoms with van der Waals surface area (Å²) in [6.07, 6.45) is 0. The topological polar surface area (TPSA) is 48.6 Å². The Morgan fingerprint density at radius 3 is 2.26 bits per heavy atom. The van der Waals surface area contributed by atoms with E-state index in [4.69, 9.17) is 0 Å². The Kier molecular flexibility index (Phi) is 2.29. The Morgan fingerprint density at radius 2 is 1.35 bits per heavy atom. The molecule has 0 amide bonds. The first kappa shape index (κ1) is 12.5. The number of benzene rings is 3. The van der Waals surface area contributed by atoms with Crippen molar-refractivity contribution in [3.63, 3.8) is 0 Å². The van der Waals surface area contributed by atoms with Crippen LogP contribution in [0, 0.1) is 6.92 Å². The van der Waals surface area contributed by atoms with Gasteiger partial charge in [0.2, 0.25) is 0 Å². The van der Waals surface area contributed by atoms with Crippen LogP contribution in [0.25, 0.3) is 43.6 Å². The van der Waals surface area contributed by atoms with Crippen LogP contribution in [-0.2, 0) is 0 Å². The molecular weight excluding hydrogens is 284 g/mol. The van der Waals surface area contributed by atoms with E-state index in [1.54, 1.807) is 0 Å². The molecule has 0 radical (unpaired) electrons. The van der Waals surface area contributed by atoms with E-state index in [-0.39, 0.29) is 5.43 Å². The maximum Gasteiger partial charge on any atom is 0.197 e. The van der Waals surface area contributed by atoms with E-state index in [2.05, 4.69) is 35.1 Å². The van der Waals surface area contributed by atoms with Crippen LogP contribution in [0.15, 0.2) is 59.4 Å². The Bertz CT molecular complexity index is 1290. The van der Waals surface area contributed by atoms with Crippen LogP contribution in [0.5, 0.6) is 0 Å². The molecule has 0 saturated carbocycles. The second-order valence-corrected chi connectivity index (χ2v) is 6.03. The largest absolute Gasteiger partial charge is 0.353 e. The van der Waals surface area contributed by atoms with Crippen molar-refractivity contribution < 1.29 is 0 Å². The average molecular weight is 298 g/mol. The zero-order valence-corrected chi connectivity index (χ0v) is 12.6. The van der Waals surface area contributed by atoms with Crippen LogP contribution in [-0.4, -0.2) is 9.97 Å². The molecule has 110 valence electrons. The fourth-order valence-electron chi connectivity index (χ4n) is 3.53. The molecule has 2 N–H and O–H groups in total. The van der Waals surface area contributed by atoms with Crippen molar-refractivity contribution >= 4 is 43.6 Å². The average Bonchev–Trinajstić information content (AvgIpc) is 2.96. The lowest BCUT2D eigenvalue weighted by Crippen LogP contribution is -2.04. The van der Waals surface area contributed by atoms with E-state index in [9.17, 15) is 4.79 Å². The first-order valence-electron chi connectivity index (χ1n) is 7.69. The van der Waals surface area contributed by atoms with Crippen molar-refractivity contribution in [1.29, 1.82) is 0 Å². The molecule has 0 saturated heterocycles. The monoisotopic (exact) mass is 298 g/mol. The van der Waals surface area contributed by atoms with Crippen LogP contribution >= 0.6 is 0 Å². The van der Waals surface area contributed by atoms with E-state index in [1.807, 2.05) is 36.4 Å². The van der Waals surface area contributed by atoms with E-state index in [1.165, 1.54) is 10.9 Å². The highest BCUT2D eigenvalue weighted by molar-refractivity contribution is 6.17. The second-order valence-electron chi connectivity index (χ2n) is 6.03.